The molecule has 0 saturated carbocycles. The minimum Gasteiger partial charge on any atom is -0.282 e. The van der Waals surface area contributed by atoms with E-state index in [-0.39, 0.29) is 4.90 Å². The van der Waals surface area contributed by atoms with Crippen LogP contribution < -0.4 is 0 Å². The van der Waals surface area contributed by atoms with Gasteiger partial charge in [-0.05, 0) is 37.0 Å². The molecule has 0 unspecified atom stereocenters. The summed E-state index contributed by atoms with van der Waals surface area (Å²) in [6.07, 6.45) is 2.93. The van der Waals surface area contributed by atoms with Crippen LogP contribution in [-0.4, -0.2) is 13.0 Å². The third-order valence-corrected chi connectivity index (χ3v) is 3.35. The topological polar surface area (TPSA) is 54.4 Å². The maximum absolute atomic E-state index is 11.0. The molecule has 3 nitrogen and oxygen atoms in total. The van der Waals surface area contributed by atoms with E-state index in [1.165, 1.54) is 0 Å². The molecule has 0 atom stereocenters. The lowest BCUT2D eigenvalue weighted by atomic mass is 10.1. The first-order valence-electron chi connectivity index (χ1n) is 5.02. The van der Waals surface area contributed by atoms with Gasteiger partial charge in [0.15, 0.2) is 0 Å². The lowest BCUT2D eigenvalue weighted by Crippen LogP contribution is -2.02. The molecule has 0 aliphatic rings. The summed E-state index contributed by atoms with van der Waals surface area (Å²) in [5.41, 5.74) is 1.54. The smallest absolute Gasteiger partial charge is 0.282 e. The lowest BCUT2D eigenvalue weighted by Gasteiger charge is -2.05. The van der Waals surface area contributed by atoms with Gasteiger partial charge in [0.25, 0.3) is 10.1 Å². The molecule has 84 valence electrons. The second kappa shape index (κ2) is 4.77. The van der Waals surface area contributed by atoms with E-state index < -0.39 is 10.1 Å². The van der Waals surface area contributed by atoms with Crippen LogP contribution in [0.25, 0.3) is 0 Å². The minimum atomic E-state index is -4.08. The molecule has 0 radical (unpaired) electrons. The van der Waals surface area contributed by atoms with Gasteiger partial charge in [-0.15, -0.1) is 0 Å². The van der Waals surface area contributed by atoms with E-state index in [0.29, 0.717) is 5.56 Å². The average molecular weight is 228 g/mol. The number of aryl methyl sites for hydroxylation is 2. The van der Waals surface area contributed by atoms with Crippen LogP contribution in [0.5, 0.6) is 0 Å². The molecule has 0 spiro atoms. The molecule has 4 heteroatoms. The van der Waals surface area contributed by atoms with Gasteiger partial charge in [-0.2, -0.15) is 8.42 Å². The molecule has 1 aromatic carbocycles. The molecule has 1 N–H and O–H groups in total. The summed E-state index contributed by atoms with van der Waals surface area (Å²) in [4.78, 5) is 0.0242. The zero-order chi connectivity index (χ0) is 11.5. The van der Waals surface area contributed by atoms with Crippen LogP contribution in [0, 0.1) is 6.92 Å². The van der Waals surface area contributed by atoms with Crippen molar-refractivity contribution in [2.75, 3.05) is 0 Å². The first kappa shape index (κ1) is 12.2. The highest BCUT2D eigenvalue weighted by Crippen LogP contribution is 2.17. The quantitative estimate of drug-likeness (QED) is 0.806. The first-order chi connectivity index (χ1) is 6.95. The van der Waals surface area contributed by atoms with Gasteiger partial charge in [0, 0.05) is 0 Å². The van der Waals surface area contributed by atoms with E-state index in [1.807, 2.05) is 6.07 Å². The molecule has 15 heavy (non-hydrogen) atoms. The fraction of sp³-hybridized carbons (Fsp3) is 0.455. The van der Waals surface area contributed by atoms with Gasteiger partial charge in [-0.3, -0.25) is 4.55 Å². The van der Waals surface area contributed by atoms with Gasteiger partial charge in [0.05, 0.1) is 4.90 Å². The molecule has 0 saturated heterocycles. The van der Waals surface area contributed by atoms with Crippen LogP contribution >= 0.6 is 0 Å². The summed E-state index contributed by atoms with van der Waals surface area (Å²) in [6.45, 7) is 3.75. The van der Waals surface area contributed by atoms with Gasteiger partial charge in [-0.25, -0.2) is 0 Å². The largest absolute Gasteiger partial charge is 0.294 e. The Morgan fingerprint density at radius 2 is 2.00 bits per heavy atom. The SMILES string of the molecule is CCCCc1ccc(C)c(S(=O)(=O)O)c1. The Balaban J connectivity index is 3.06. The van der Waals surface area contributed by atoms with Gasteiger partial charge < -0.3 is 0 Å². The Hall–Kier alpha value is -0.870. The molecule has 0 bridgehead atoms. The third kappa shape index (κ3) is 3.32. The molecule has 1 aromatic rings. The fourth-order valence-corrected chi connectivity index (χ4v) is 2.23. The first-order valence-corrected chi connectivity index (χ1v) is 6.46. The fourth-order valence-electron chi connectivity index (χ4n) is 1.46. The van der Waals surface area contributed by atoms with Gasteiger partial charge >= 0.3 is 0 Å². The maximum Gasteiger partial charge on any atom is 0.294 e. The predicted molar refractivity (Wildman–Crippen MR) is 59.6 cm³/mol. The van der Waals surface area contributed by atoms with E-state index in [4.69, 9.17) is 4.55 Å². The van der Waals surface area contributed by atoms with Crippen LogP contribution in [-0.2, 0) is 16.5 Å². The van der Waals surface area contributed by atoms with Crippen LogP contribution in [0.2, 0.25) is 0 Å². The van der Waals surface area contributed by atoms with Crippen molar-refractivity contribution in [2.24, 2.45) is 0 Å². The number of hydrogen-bond acceptors (Lipinski definition) is 2. The van der Waals surface area contributed by atoms with E-state index in [2.05, 4.69) is 6.92 Å². The Morgan fingerprint density at radius 1 is 1.33 bits per heavy atom. The molecule has 0 amide bonds. The minimum absolute atomic E-state index is 0.0242. The van der Waals surface area contributed by atoms with Crippen molar-refractivity contribution < 1.29 is 13.0 Å². The molecule has 0 aromatic heterocycles. The monoisotopic (exact) mass is 228 g/mol. The predicted octanol–water partition coefficient (Wildman–Crippen LogP) is 2.58. The van der Waals surface area contributed by atoms with Gasteiger partial charge in [0.2, 0.25) is 0 Å². The number of rotatable bonds is 4. The highest BCUT2D eigenvalue weighted by molar-refractivity contribution is 7.85. The normalized spacial score (nSPS) is 11.7. The van der Waals surface area contributed by atoms with Crippen molar-refractivity contribution in [1.82, 2.24) is 0 Å². The van der Waals surface area contributed by atoms with Crippen molar-refractivity contribution in [2.45, 2.75) is 38.0 Å². The van der Waals surface area contributed by atoms with Crippen LogP contribution in [0.3, 0.4) is 0 Å². The van der Waals surface area contributed by atoms with Crippen LogP contribution in [0.4, 0.5) is 0 Å². The van der Waals surface area contributed by atoms with Crippen molar-refractivity contribution in [3.05, 3.63) is 29.3 Å². The number of benzene rings is 1. The summed E-state index contributed by atoms with van der Waals surface area (Å²) in [7, 11) is -4.08. The standard InChI is InChI=1S/C11H16O3S/c1-3-4-5-10-7-6-9(2)11(8-10)15(12,13)14/h6-8H,3-5H2,1-2H3,(H,12,13,14). The highest BCUT2D eigenvalue weighted by atomic mass is 32.2. The second-order valence-electron chi connectivity index (χ2n) is 3.68. The van der Waals surface area contributed by atoms with Crippen molar-refractivity contribution in [3.63, 3.8) is 0 Å². The third-order valence-electron chi connectivity index (χ3n) is 2.35. The highest BCUT2D eigenvalue weighted by Gasteiger charge is 2.13. The van der Waals surface area contributed by atoms with Crippen LogP contribution in [0.15, 0.2) is 23.1 Å². The van der Waals surface area contributed by atoms with E-state index in [0.717, 1.165) is 24.8 Å². The maximum atomic E-state index is 11.0. The van der Waals surface area contributed by atoms with Gasteiger partial charge in [-0.1, -0.05) is 25.5 Å². The molecular formula is C11H16O3S. The van der Waals surface area contributed by atoms with E-state index >= 15 is 0 Å². The summed E-state index contributed by atoms with van der Waals surface area (Å²) < 4.78 is 31.1. The summed E-state index contributed by atoms with van der Waals surface area (Å²) in [5, 5.41) is 0. The Kier molecular flexibility index (Phi) is 3.88. The van der Waals surface area contributed by atoms with Crippen molar-refractivity contribution in [3.8, 4) is 0 Å². The molecule has 0 fully saturated rings. The zero-order valence-electron chi connectivity index (χ0n) is 9.03. The Labute approximate surface area is 90.9 Å². The molecule has 1 rings (SSSR count). The molecule has 0 aliphatic heterocycles. The summed E-state index contributed by atoms with van der Waals surface area (Å²) in [6, 6.07) is 5.19. The van der Waals surface area contributed by atoms with Crippen LogP contribution in [0.1, 0.15) is 30.9 Å². The van der Waals surface area contributed by atoms with Crippen molar-refractivity contribution >= 4 is 10.1 Å². The van der Waals surface area contributed by atoms with E-state index in [1.54, 1.807) is 19.1 Å². The number of hydrogen-bond donors (Lipinski definition) is 1. The van der Waals surface area contributed by atoms with Crippen molar-refractivity contribution in [1.29, 1.82) is 0 Å². The zero-order valence-corrected chi connectivity index (χ0v) is 9.84. The van der Waals surface area contributed by atoms with E-state index in [9.17, 15) is 8.42 Å². The summed E-state index contributed by atoms with van der Waals surface area (Å²) in [5.74, 6) is 0. The molecular weight excluding hydrogens is 212 g/mol. The second-order valence-corrected chi connectivity index (χ2v) is 5.07. The summed E-state index contributed by atoms with van der Waals surface area (Å²) >= 11 is 0. The number of unbranched alkanes of at least 4 members (excludes halogenated alkanes) is 1. The lowest BCUT2D eigenvalue weighted by molar-refractivity contribution is 0.482. The molecule has 0 aliphatic carbocycles. The average Bonchev–Trinajstić information content (AvgIpc) is 2.15. The Bertz CT molecular complexity index is 435. The Morgan fingerprint density at radius 3 is 2.53 bits per heavy atom. The van der Waals surface area contributed by atoms with Gasteiger partial charge in [0.1, 0.15) is 0 Å². The molecule has 0 heterocycles.